The summed E-state index contributed by atoms with van der Waals surface area (Å²) in [6.07, 6.45) is 1.76. The summed E-state index contributed by atoms with van der Waals surface area (Å²) in [5.74, 6) is 0.386. The number of nitrogen functional groups attached to an aromatic ring is 1. The molecule has 0 amide bonds. The van der Waals surface area contributed by atoms with E-state index in [1.54, 1.807) is 29.0 Å². The van der Waals surface area contributed by atoms with Crippen LogP contribution in [-0.4, -0.2) is 9.55 Å². The molecule has 0 atom stereocenters. The van der Waals surface area contributed by atoms with Gasteiger partial charge in [0, 0.05) is 11.9 Å². The van der Waals surface area contributed by atoms with Crippen LogP contribution < -0.4 is 5.73 Å². The van der Waals surface area contributed by atoms with Gasteiger partial charge in [-0.2, -0.15) is 5.26 Å². The van der Waals surface area contributed by atoms with E-state index in [4.69, 9.17) is 11.0 Å². The highest BCUT2D eigenvalue weighted by Crippen LogP contribution is 2.18. The first-order valence-electron chi connectivity index (χ1n) is 4.21. The van der Waals surface area contributed by atoms with Crippen molar-refractivity contribution in [3.8, 4) is 11.8 Å². The van der Waals surface area contributed by atoms with E-state index in [1.165, 1.54) is 0 Å². The highest BCUT2D eigenvalue weighted by Gasteiger charge is 2.04. The standard InChI is InChI=1S/C10H7BrN4/c11-9-6-15(10(13)14-9)8-3-1-2-7(4-8)5-12/h1-4,6H,(H2,13,14). The van der Waals surface area contributed by atoms with Crippen LogP contribution in [0.2, 0.25) is 0 Å². The molecule has 2 aromatic rings. The Labute approximate surface area is 95.1 Å². The topological polar surface area (TPSA) is 67.6 Å². The lowest BCUT2D eigenvalue weighted by Crippen LogP contribution is -1.99. The van der Waals surface area contributed by atoms with Crippen molar-refractivity contribution >= 4 is 21.9 Å². The number of halogens is 1. The Morgan fingerprint density at radius 3 is 2.87 bits per heavy atom. The number of nitrogens with two attached hydrogens (primary N) is 1. The molecule has 0 aliphatic carbocycles. The zero-order chi connectivity index (χ0) is 10.8. The lowest BCUT2D eigenvalue weighted by molar-refractivity contribution is 1.07. The molecule has 2 rings (SSSR count). The van der Waals surface area contributed by atoms with Crippen molar-refractivity contribution in [2.24, 2.45) is 0 Å². The van der Waals surface area contributed by atoms with Gasteiger partial charge in [-0.25, -0.2) is 4.98 Å². The highest BCUT2D eigenvalue weighted by molar-refractivity contribution is 9.10. The molecule has 0 bridgehead atoms. The van der Waals surface area contributed by atoms with Gasteiger partial charge in [0.25, 0.3) is 0 Å². The molecular formula is C10H7BrN4. The van der Waals surface area contributed by atoms with Gasteiger partial charge < -0.3 is 5.73 Å². The van der Waals surface area contributed by atoms with Crippen molar-refractivity contribution in [3.05, 3.63) is 40.6 Å². The van der Waals surface area contributed by atoms with Crippen LogP contribution in [0, 0.1) is 11.3 Å². The highest BCUT2D eigenvalue weighted by atomic mass is 79.9. The van der Waals surface area contributed by atoms with Gasteiger partial charge in [-0.05, 0) is 34.1 Å². The van der Waals surface area contributed by atoms with Crippen LogP contribution in [-0.2, 0) is 0 Å². The van der Waals surface area contributed by atoms with Gasteiger partial charge in [0.05, 0.1) is 11.6 Å². The molecule has 0 saturated carbocycles. The monoisotopic (exact) mass is 262 g/mol. The molecule has 0 saturated heterocycles. The number of hydrogen-bond donors (Lipinski definition) is 1. The zero-order valence-electron chi connectivity index (χ0n) is 7.68. The number of benzene rings is 1. The zero-order valence-corrected chi connectivity index (χ0v) is 9.27. The van der Waals surface area contributed by atoms with E-state index in [0.717, 1.165) is 5.69 Å². The lowest BCUT2D eigenvalue weighted by Gasteiger charge is -2.03. The molecule has 74 valence electrons. The van der Waals surface area contributed by atoms with E-state index in [1.807, 2.05) is 6.07 Å². The minimum absolute atomic E-state index is 0.386. The number of anilines is 1. The third kappa shape index (κ3) is 1.85. The largest absolute Gasteiger partial charge is 0.369 e. The number of imidazole rings is 1. The van der Waals surface area contributed by atoms with Crippen molar-refractivity contribution < 1.29 is 0 Å². The van der Waals surface area contributed by atoms with Crippen LogP contribution in [0.3, 0.4) is 0 Å². The summed E-state index contributed by atoms with van der Waals surface area (Å²) in [5.41, 5.74) is 7.12. The average molecular weight is 263 g/mol. The van der Waals surface area contributed by atoms with Crippen LogP contribution in [0.4, 0.5) is 5.95 Å². The number of aromatic nitrogens is 2. The van der Waals surface area contributed by atoms with Crippen LogP contribution in [0.1, 0.15) is 5.56 Å². The van der Waals surface area contributed by atoms with E-state index in [9.17, 15) is 0 Å². The predicted octanol–water partition coefficient (Wildman–Crippen LogP) is 2.09. The van der Waals surface area contributed by atoms with Crippen molar-refractivity contribution in [2.45, 2.75) is 0 Å². The van der Waals surface area contributed by atoms with Crippen LogP contribution in [0.25, 0.3) is 5.69 Å². The Kier molecular flexibility index (Phi) is 2.44. The maximum atomic E-state index is 8.77. The summed E-state index contributed by atoms with van der Waals surface area (Å²) in [7, 11) is 0. The molecule has 0 unspecified atom stereocenters. The van der Waals surface area contributed by atoms with Crippen LogP contribution in [0.15, 0.2) is 35.1 Å². The summed E-state index contributed by atoms with van der Waals surface area (Å²) in [6, 6.07) is 9.25. The number of hydrogen-bond acceptors (Lipinski definition) is 3. The predicted molar refractivity (Wildman–Crippen MR) is 60.4 cm³/mol. The maximum absolute atomic E-state index is 8.77. The second-order valence-electron chi connectivity index (χ2n) is 2.95. The van der Waals surface area contributed by atoms with E-state index < -0.39 is 0 Å². The first-order valence-corrected chi connectivity index (χ1v) is 5.01. The minimum atomic E-state index is 0.386. The van der Waals surface area contributed by atoms with Crippen molar-refractivity contribution in [1.29, 1.82) is 5.26 Å². The fraction of sp³-hybridized carbons (Fsp3) is 0. The molecule has 0 spiro atoms. The normalized spacial score (nSPS) is 9.87. The Morgan fingerprint density at radius 2 is 2.27 bits per heavy atom. The first-order chi connectivity index (χ1) is 7.20. The fourth-order valence-electron chi connectivity index (χ4n) is 1.30. The van der Waals surface area contributed by atoms with Crippen molar-refractivity contribution in [1.82, 2.24) is 9.55 Å². The Balaban J connectivity index is 2.55. The third-order valence-corrected chi connectivity index (χ3v) is 2.34. The number of rotatable bonds is 1. The second kappa shape index (κ2) is 3.75. The Morgan fingerprint density at radius 1 is 1.47 bits per heavy atom. The van der Waals surface area contributed by atoms with E-state index >= 15 is 0 Å². The minimum Gasteiger partial charge on any atom is -0.369 e. The molecule has 1 heterocycles. The molecule has 0 aliphatic rings. The van der Waals surface area contributed by atoms with Crippen LogP contribution >= 0.6 is 15.9 Å². The summed E-state index contributed by atoms with van der Waals surface area (Å²) >= 11 is 3.24. The maximum Gasteiger partial charge on any atom is 0.205 e. The molecular weight excluding hydrogens is 256 g/mol. The van der Waals surface area contributed by atoms with E-state index in [2.05, 4.69) is 27.0 Å². The Bertz CT molecular complexity index is 539. The molecule has 0 radical (unpaired) electrons. The second-order valence-corrected chi connectivity index (χ2v) is 3.77. The first kappa shape index (κ1) is 9.74. The molecule has 0 aliphatic heterocycles. The SMILES string of the molecule is N#Cc1cccc(-n2cc(Br)nc2N)c1. The summed E-state index contributed by atoms with van der Waals surface area (Å²) in [6.45, 7) is 0. The van der Waals surface area contributed by atoms with Gasteiger partial charge in [0.15, 0.2) is 0 Å². The van der Waals surface area contributed by atoms with Gasteiger partial charge in [-0.3, -0.25) is 4.57 Å². The average Bonchev–Trinajstić information content (AvgIpc) is 2.58. The summed E-state index contributed by atoms with van der Waals surface area (Å²) in [5, 5.41) is 8.77. The van der Waals surface area contributed by atoms with Gasteiger partial charge in [0.1, 0.15) is 4.60 Å². The third-order valence-electron chi connectivity index (χ3n) is 1.96. The fourth-order valence-corrected chi connectivity index (χ4v) is 1.68. The Hall–Kier alpha value is -1.80. The van der Waals surface area contributed by atoms with E-state index in [-0.39, 0.29) is 0 Å². The molecule has 0 fully saturated rings. The van der Waals surface area contributed by atoms with Crippen molar-refractivity contribution in [2.75, 3.05) is 5.73 Å². The quantitative estimate of drug-likeness (QED) is 0.856. The van der Waals surface area contributed by atoms with Crippen molar-refractivity contribution in [3.63, 3.8) is 0 Å². The lowest BCUT2D eigenvalue weighted by atomic mass is 10.2. The molecule has 15 heavy (non-hydrogen) atoms. The molecule has 1 aromatic heterocycles. The molecule has 5 heteroatoms. The number of nitrogens with zero attached hydrogens (tertiary/aromatic N) is 3. The van der Waals surface area contributed by atoms with E-state index in [0.29, 0.717) is 16.1 Å². The molecule has 4 nitrogen and oxygen atoms in total. The summed E-state index contributed by atoms with van der Waals surface area (Å²) in [4.78, 5) is 4.02. The molecule has 2 N–H and O–H groups in total. The smallest absolute Gasteiger partial charge is 0.205 e. The van der Waals surface area contributed by atoms with Gasteiger partial charge in [-0.1, -0.05) is 6.07 Å². The molecule has 1 aromatic carbocycles. The van der Waals surface area contributed by atoms with Gasteiger partial charge in [-0.15, -0.1) is 0 Å². The summed E-state index contributed by atoms with van der Waals surface area (Å²) < 4.78 is 2.38. The number of nitriles is 1. The van der Waals surface area contributed by atoms with Crippen LogP contribution in [0.5, 0.6) is 0 Å². The van der Waals surface area contributed by atoms with Gasteiger partial charge in [0.2, 0.25) is 5.95 Å². The van der Waals surface area contributed by atoms with Gasteiger partial charge >= 0.3 is 0 Å².